The predicted molar refractivity (Wildman–Crippen MR) is 81.7 cm³/mol. The zero-order chi connectivity index (χ0) is 14.4. The van der Waals surface area contributed by atoms with Gasteiger partial charge in [0.15, 0.2) is 10.8 Å². The molecule has 6 nitrogen and oxygen atoms in total. The Labute approximate surface area is 126 Å². The summed E-state index contributed by atoms with van der Waals surface area (Å²) in [4.78, 5) is 18.1. The highest BCUT2D eigenvalue weighted by Gasteiger charge is 2.30. The molecule has 0 bridgehead atoms. The highest BCUT2D eigenvalue weighted by Crippen LogP contribution is 2.42. The quantitative estimate of drug-likeness (QED) is 0.811. The minimum absolute atomic E-state index is 0.276. The molecule has 21 heavy (non-hydrogen) atoms. The second-order valence-electron chi connectivity index (χ2n) is 5.72. The molecule has 2 heterocycles. The lowest BCUT2D eigenvalue weighted by atomic mass is 10.0. The number of anilines is 2. The van der Waals surface area contributed by atoms with Crippen molar-refractivity contribution in [3.8, 4) is 0 Å². The van der Waals surface area contributed by atoms with Crippen LogP contribution in [-0.2, 0) is 12.8 Å². The summed E-state index contributed by atoms with van der Waals surface area (Å²) in [6.45, 7) is 0. The lowest BCUT2D eigenvalue weighted by Crippen LogP contribution is -2.14. The van der Waals surface area contributed by atoms with E-state index in [2.05, 4.69) is 20.5 Å². The Hall–Kier alpha value is -1.89. The zero-order valence-corrected chi connectivity index (χ0v) is 12.4. The van der Waals surface area contributed by atoms with Crippen LogP contribution in [0.25, 0.3) is 0 Å². The number of nitrogens with zero attached hydrogens (tertiary/aromatic N) is 2. The van der Waals surface area contributed by atoms with Gasteiger partial charge in [-0.1, -0.05) is 0 Å². The largest absolute Gasteiger partial charge is 0.395 e. The van der Waals surface area contributed by atoms with Gasteiger partial charge in [-0.2, -0.15) is 5.10 Å². The van der Waals surface area contributed by atoms with Crippen molar-refractivity contribution in [2.24, 2.45) is 0 Å². The molecule has 7 heteroatoms. The predicted octanol–water partition coefficient (Wildman–Crippen LogP) is 2.46. The number of hydrogen-bond acceptors (Lipinski definition) is 5. The molecule has 2 aliphatic carbocycles. The lowest BCUT2D eigenvalue weighted by Gasteiger charge is -2.06. The van der Waals surface area contributed by atoms with Crippen LogP contribution in [0.4, 0.5) is 10.8 Å². The maximum Gasteiger partial charge on any atom is 0.280 e. The van der Waals surface area contributed by atoms with Gasteiger partial charge in [0.05, 0.1) is 17.1 Å². The minimum atomic E-state index is -0.276. The summed E-state index contributed by atoms with van der Waals surface area (Å²) in [5, 5.41) is 10.5. The first-order valence-corrected chi connectivity index (χ1v) is 8.17. The molecular weight excluding hydrogens is 286 g/mol. The second kappa shape index (κ2) is 4.84. The first-order valence-electron chi connectivity index (χ1n) is 7.36. The smallest absolute Gasteiger partial charge is 0.280 e. The third kappa shape index (κ3) is 2.31. The van der Waals surface area contributed by atoms with Crippen molar-refractivity contribution in [2.75, 3.05) is 11.1 Å². The molecule has 1 saturated carbocycles. The summed E-state index contributed by atoms with van der Waals surface area (Å²) in [7, 11) is 0. The summed E-state index contributed by atoms with van der Waals surface area (Å²) in [6.07, 6.45) is 6.71. The average molecular weight is 303 g/mol. The van der Waals surface area contributed by atoms with Crippen molar-refractivity contribution in [3.05, 3.63) is 22.0 Å². The number of H-pyrrole nitrogens is 1. The van der Waals surface area contributed by atoms with Crippen molar-refractivity contribution in [1.29, 1.82) is 0 Å². The van der Waals surface area contributed by atoms with E-state index in [-0.39, 0.29) is 11.6 Å². The Morgan fingerprint density at radius 1 is 1.33 bits per heavy atom. The molecule has 2 aromatic heterocycles. The van der Waals surface area contributed by atoms with Gasteiger partial charge in [-0.05, 0) is 38.5 Å². The molecule has 4 N–H and O–H groups in total. The number of aryl methyl sites for hydroxylation is 2. The number of carbonyl (C=O) groups excluding carboxylic acids is 1. The van der Waals surface area contributed by atoms with Gasteiger partial charge in [0.2, 0.25) is 0 Å². The number of aromatic amines is 1. The van der Waals surface area contributed by atoms with Gasteiger partial charge in [-0.25, -0.2) is 4.98 Å². The van der Waals surface area contributed by atoms with Crippen LogP contribution in [0, 0.1) is 0 Å². The fourth-order valence-electron chi connectivity index (χ4n) is 2.78. The molecule has 0 spiro atoms. The number of hydrogen-bond donors (Lipinski definition) is 3. The van der Waals surface area contributed by atoms with Gasteiger partial charge in [0.25, 0.3) is 5.91 Å². The zero-order valence-electron chi connectivity index (χ0n) is 11.6. The van der Waals surface area contributed by atoms with Crippen LogP contribution in [0.2, 0.25) is 0 Å². The number of thiazole rings is 1. The average Bonchev–Trinajstić information content (AvgIpc) is 3.11. The second-order valence-corrected chi connectivity index (χ2v) is 6.81. The summed E-state index contributed by atoms with van der Waals surface area (Å²) in [5.74, 6) is 0.174. The Kier molecular flexibility index (Phi) is 2.95. The number of carbonyl (C=O) groups is 1. The minimum Gasteiger partial charge on any atom is -0.395 e. The molecule has 0 aliphatic heterocycles. The fourth-order valence-corrected chi connectivity index (χ4v) is 3.83. The first-order chi connectivity index (χ1) is 10.2. The number of fused-ring (bicyclic) bond motifs is 1. The van der Waals surface area contributed by atoms with Crippen LogP contribution in [0.15, 0.2) is 0 Å². The van der Waals surface area contributed by atoms with Gasteiger partial charge in [0, 0.05) is 10.8 Å². The van der Waals surface area contributed by atoms with Gasteiger partial charge in [-0.3, -0.25) is 15.2 Å². The number of rotatable bonds is 3. The van der Waals surface area contributed by atoms with Gasteiger partial charge in [0.1, 0.15) is 0 Å². The normalized spacial score (nSPS) is 17.5. The van der Waals surface area contributed by atoms with E-state index >= 15 is 0 Å². The van der Waals surface area contributed by atoms with Crippen LogP contribution in [0.1, 0.15) is 58.4 Å². The molecule has 0 atom stereocenters. The summed E-state index contributed by atoms with van der Waals surface area (Å²) in [6, 6.07) is 0. The molecule has 0 unspecified atom stereocenters. The lowest BCUT2D eigenvalue weighted by molar-refractivity contribution is 0.102. The number of aromatic nitrogens is 3. The molecule has 2 aliphatic rings. The Bertz CT molecular complexity index is 677. The highest BCUT2D eigenvalue weighted by atomic mass is 32.1. The topological polar surface area (TPSA) is 96.7 Å². The summed E-state index contributed by atoms with van der Waals surface area (Å²) < 4.78 is 0. The van der Waals surface area contributed by atoms with Crippen molar-refractivity contribution in [3.63, 3.8) is 0 Å². The van der Waals surface area contributed by atoms with E-state index in [0.29, 0.717) is 16.7 Å². The summed E-state index contributed by atoms with van der Waals surface area (Å²) >= 11 is 1.57. The SMILES string of the molecule is Nc1c(C(=O)Nc2nc3c(s2)CCCC3)n[nH]c1C1CC1. The van der Waals surface area contributed by atoms with E-state index in [1.807, 2.05) is 0 Å². The molecule has 0 radical (unpaired) electrons. The molecule has 1 amide bonds. The van der Waals surface area contributed by atoms with Crippen LogP contribution >= 0.6 is 11.3 Å². The maximum absolute atomic E-state index is 12.3. The fraction of sp³-hybridized carbons (Fsp3) is 0.500. The van der Waals surface area contributed by atoms with Crippen LogP contribution in [-0.4, -0.2) is 21.1 Å². The van der Waals surface area contributed by atoms with E-state index in [4.69, 9.17) is 5.73 Å². The molecular formula is C14H17N5OS. The monoisotopic (exact) mass is 303 g/mol. The molecule has 1 fully saturated rings. The van der Waals surface area contributed by atoms with E-state index < -0.39 is 0 Å². The van der Waals surface area contributed by atoms with Crippen molar-refractivity contribution < 1.29 is 4.79 Å². The van der Waals surface area contributed by atoms with E-state index in [1.54, 1.807) is 11.3 Å². The third-order valence-corrected chi connectivity index (χ3v) is 5.17. The van der Waals surface area contributed by atoms with Crippen molar-refractivity contribution >= 4 is 28.1 Å². The van der Waals surface area contributed by atoms with Gasteiger partial charge < -0.3 is 5.73 Å². The first kappa shape index (κ1) is 12.8. The van der Waals surface area contributed by atoms with Gasteiger partial charge in [-0.15, -0.1) is 11.3 Å². The molecule has 2 aromatic rings. The Morgan fingerprint density at radius 3 is 2.90 bits per heavy atom. The van der Waals surface area contributed by atoms with E-state index in [1.165, 1.54) is 17.7 Å². The standard InChI is InChI=1S/C14H17N5OS/c15-10-11(7-5-6-7)18-19-12(10)13(20)17-14-16-8-3-1-2-4-9(8)21-14/h7H,1-6,15H2,(H,18,19)(H,16,17,20). The van der Waals surface area contributed by atoms with Crippen LogP contribution in [0.3, 0.4) is 0 Å². The number of amides is 1. The number of nitrogens with two attached hydrogens (primary N) is 1. The molecule has 110 valence electrons. The molecule has 0 aromatic carbocycles. The third-order valence-electron chi connectivity index (χ3n) is 4.10. The Balaban J connectivity index is 1.54. The molecule has 0 saturated heterocycles. The van der Waals surface area contributed by atoms with Crippen LogP contribution in [0.5, 0.6) is 0 Å². The number of nitrogen functional groups attached to an aromatic ring is 1. The number of nitrogens with one attached hydrogen (secondary N) is 2. The van der Waals surface area contributed by atoms with E-state index in [0.717, 1.165) is 37.1 Å². The maximum atomic E-state index is 12.3. The highest BCUT2D eigenvalue weighted by molar-refractivity contribution is 7.15. The summed E-state index contributed by atoms with van der Waals surface area (Å²) in [5.41, 5.74) is 8.83. The Morgan fingerprint density at radius 2 is 2.14 bits per heavy atom. The van der Waals surface area contributed by atoms with Crippen molar-refractivity contribution in [2.45, 2.75) is 44.4 Å². The van der Waals surface area contributed by atoms with E-state index in [9.17, 15) is 4.79 Å². The molecule has 4 rings (SSSR count). The van der Waals surface area contributed by atoms with Crippen LogP contribution < -0.4 is 11.1 Å². The van der Waals surface area contributed by atoms with Gasteiger partial charge >= 0.3 is 0 Å². The van der Waals surface area contributed by atoms with Crippen molar-refractivity contribution in [1.82, 2.24) is 15.2 Å².